The summed E-state index contributed by atoms with van der Waals surface area (Å²) in [5.41, 5.74) is 7.34. The van der Waals surface area contributed by atoms with Crippen LogP contribution in [-0.2, 0) is 10.0 Å². The van der Waals surface area contributed by atoms with E-state index in [2.05, 4.69) is 9.97 Å². The van der Waals surface area contributed by atoms with Crippen molar-refractivity contribution in [1.82, 2.24) is 14.3 Å². The fraction of sp³-hybridized carbons (Fsp3) is 0.231. The summed E-state index contributed by atoms with van der Waals surface area (Å²) >= 11 is 1.23. The molecule has 21 heavy (non-hydrogen) atoms. The number of nitrogen functional groups attached to an aromatic ring is 1. The number of sulfonamides is 1. The van der Waals surface area contributed by atoms with Gasteiger partial charge in [0.1, 0.15) is 0 Å². The average Bonchev–Trinajstić information content (AvgIpc) is 2.43. The first-order valence-electron chi connectivity index (χ1n) is 6.09. The molecular weight excluding hydrogens is 308 g/mol. The summed E-state index contributed by atoms with van der Waals surface area (Å²) in [4.78, 5) is 9.16. The lowest BCUT2D eigenvalue weighted by atomic mass is 10.3. The van der Waals surface area contributed by atoms with Crippen LogP contribution in [-0.4, -0.2) is 36.8 Å². The summed E-state index contributed by atoms with van der Waals surface area (Å²) in [6.45, 7) is 1.90. The number of benzene rings is 1. The molecule has 1 aromatic heterocycles. The van der Waals surface area contributed by atoms with Gasteiger partial charge in [0.2, 0.25) is 10.0 Å². The zero-order chi connectivity index (χ0) is 15.6. The number of anilines is 1. The van der Waals surface area contributed by atoms with Crippen molar-refractivity contribution in [3.63, 3.8) is 0 Å². The molecule has 0 unspecified atom stereocenters. The van der Waals surface area contributed by atoms with E-state index in [-0.39, 0.29) is 4.90 Å². The van der Waals surface area contributed by atoms with E-state index < -0.39 is 10.0 Å². The Labute approximate surface area is 128 Å². The molecule has 0 atom stereocenters. The van der Waals surface area contributed by atoms with Gasteiger partial charge in [-0.1, -0.05) is 0 Å². The van der Waals surface area contributed by atoms with E-state index in [0.717, 1.165) is 9.87 Å². The lowest BCUT2D eigenvalue weighted by Gasteiger charge is -2.13. The third kappa shape index (κ3) is 3.52. The first kappa shape index (κ1) is 15.7. The first-order valence-corrected chi connectivity index (χ1v) is 8.35. The number of nitrogens with two attached hydrogens (primary N) is 1. The van der Waals surface area contributed by atoms with E-state index >= 15 is 0 Å². The van der Waals surface area contributed by atoms with Gasteiger partial charge in [0.25, 0.3) is 0 Å². The quantitative estimate of drug-likeness (QED) is 0.681. The van der Waals surface area contributed by atoms with Gasteiger partial charge in [0, 0.05) is 37.1 Å². The van der Waals surface area contributed by atoms with Gasteiger partial charge in [0.15, 0.2) is 5.16 Å². The Morgan fingerprint density at radius 2 is 1.81 bits per heavy atom. The highest BCUT2D eigenvalue weighted by Gasteiger charge is 2.18. The molecule has 2 rings (SSSR count). The Balaban J connectivity index is 2.38. The Morgan fingerprint density at radius 1 is 1.19 bits per heavy atom. The van der Waals surface area contributed by atoms with Crippen molar-refractivity contribution in [2.75, 3.05) is 19.8 Å². The highest BCUT2D eigenvalue weighted by atomic mass is 32.2. The molecule has 2 N–H and O–H groups in total. The first-order chi connectivity index (χ1) is 9.80. The molecule has 0 bridgehead atoms. The van der Waals surface area contributed by atoms with Crippen LogP contribution < -0.4 is 5.73 Å². The van der Waals surface area contributed by atoms with Crippen LogP contribution in [0, 0.1) is 6.92 Å². The number of aryl methyl sites for hydroxylation is 1. The molecule has 0 radical (unpaired) electrons. The van der Waals surface area contributed by atoms with E-state index in [1.807, 2.05) is 6.92 Å². The van der Waals surface area contributed by atoms with Gasteiger partial charge < -0.3 is 5.73 Å². The molecule has 1 heterocycles. The standard InChI is InChI=1S/C13H16N4O2S2/c1-9-7-15-13(16-8-9)20-12-6-10(4-5-11(12)14)21(18,19)17(2)3/h4-8H,14H2,1-3H3. The fourth-order valence-electron chi connectivity index (χ4n) is 1.51. The second-order valence-corrected chi connectivity index (χ2v) is 7.79. The number of rotatable bonds is 4. The largest absolute Gasteiger partial charge is 0.398 e. The van der Waals surface area contributed by atoms with Crippen molar-refractivity contribution in [3.05, 3.63) is 36.2 Å². The molecule has 0 amide bonds. The van der Waals surface area contributed by atoms with Crippen molar-refractivity contribution in [2.45, 2.75) is 21.9 Å². The van der Waals surface area contributed by atoms with Gasteiger partial charge >= 0.3 is 0 Å². The maximum absolute atomic E-state index is 12.1. The van der Waals surface area contributed by atoms with E-state index in [1.54, 1.807) is 24.5 Å². The summed E-state index contributed by atoms with van der Waals surface area (Å²) in [6.07, 6.45) is 3.40. The monoisotopic (exact) mass is 324 g/mol. The van der Waals surface area contributed by atoms with Crippen molar-refractivity contribution < 1.29 is 8.42 Å². The van der Waals surface area contributed by atoms with Crippen molar-refractivity contribution in [1.29, 1.82) is 0 Å². The van der Waals surface area contributed by atoms with E-state index in [9.17, 15) is 8.42 Å². The Hall–Kier alpha value is -1.64. The zero-order valence-corrected chi connectivity index (χ0v) is 13.6. The third-order valence-electron chi connectivity index (χ3n) is 2.72. The van der Waals surface area contributed by atoms with Crippen LogP contribution in [0.5, 0.6) is 0 Å². The van der Waals surface area contributed by atoms with Crippen LogP contribution in [0.1, 0.15) is 5.56 Å². The smallest absolute Gasteiger partial charge is 0.242 e. The summed E-state index contributed by atoms with van der Waals surface area (Å²) < 4.78 is 25.4. The predicted octanol–water partition coefficient (Wildman–Crippen LogP) is 1.77. The van der Waals surface area contributed by atoms with Crippen LogP contribution in [0.3, 0.4) is 0 Å². The minimum absolute atomic E-state index is 0.191. The predicted molar refractivity (Wildman–Crippen MR) is 82.6 cm³/mol. The molecule has 0 saturated carbocycles. The van der Waals surface area contributed by atoms with Crippen LogP contribution in [0.2, 0.25) is 0 Å². The van der Waals surface area contributed by atoms with E-state index in [0.29, 0.717) is 15.7 Å². The maximum Gasteiger partial charge on any atom is 0.242 e. The van der Waals surface area contributed by atoms with Gasteiger partial charge in [-0.2, -0.15) is 0 Å². The van der Waals surface area contributed by atoms with Gasteiger partial charge in [-0.25, -0.2) is 22.7 Å². The van der Waals surface area contributed by atoms with Crippen molar-refractivity contribution in [3.8, 4) is 0 Å². The van der Waals surface area contributed by atoms with Crippen molar-refractivity contribution in [2.24, 2.45) is 0 Å². The third-order valence-corrected chi connectivity index (χ3v) is 5.50. The molecule has 0 aliphatic rings. The van der Waals surface area contributed by atoms with E-state index in [4.69, 9.17) is 5.73 Å². The highest BCUT2D eigenvalue weighted by molar-refractivity contribution is 7.99. The summed E-state index contributed by atoms with van der Waals surface area (Å²) in [6, 6.07) is 4.61. The Kier molecular flexibility index (Phi) is 4.50. The van der Waals surface area contributed by atoms with Gasteiger partial charge in [0.05, 0.1) is 4.90 Å². The molecule has 0 aliphatic heterocycles. The normalized spacial score (nSPS) is 11.8. The number of hydrogen-bond donors (Lipinski definition) is 1. The molecule has 0 fully saturated rings. The number of nitrogens with zero attached hydrogens (tertiary/aromatic N) is 3. The lowest BCUT2D eigenvalue weighted by molar-refractivity contribution is 0.520. The van der Waals surface area contributed by atoms with Gasteiger partial charge in [-0.15, -0.1) is 0 Å². The minimum Gasteiger partial charge on any atom is -0.398 e. The molecule has 2 aromatic rings. The molecule has 0 saturated heterocycles. The molecular formula is C13H16N4O2S2. The van der Waals surface area contributed by atoms with Gasteiger partial charge in [-0.05, 0) is 42.4 Å². The molecule has 1 aromatic carbocycles. The van der Waals surface area contributed by atoms with Crippen LogP contribution in [0.15, 0.2) is 45.5 Å². The fourth-order valence-corrected chi connectivity index (χ4v) is 3.29. The number of hydrogen-bond acceptors (Lipinski definition) is 6. The average molecular weight is 324 g/mol. The topological polar surface area (TPSA) is 89.2 Å². The SMILES string of the molecule is Cc1cnc(Sc2cc(S(=O)(=O)N(C)C)ccc2N)nc1. The van der Waals surface area contributed by atoms with Gasteiger partial charge in [-0.3, -0.25) is 0 Å². The van der Waals surface area contributed by atoms with Crippen LogP contribution in [0.25, 0.3) is 0 Å². The van der Waals surface area contributed by atoms with Crippen LogP contribution in [0.4, 0.5) is 5.69 Å². The second kappa shape index (κ2) is 6.00. The second-order valence-electron chi connectivity index (χ2n) is 4.63. The van der Waals surface area contributed by atoms with Crippen molar-refractivity contribution >= 4 is 27.5 Å². The zero-order valence-electron chi connectivity index (χ0n) is 11.9. The molecule has 0 spiro atoms. The molecule has 6 nitrogen and oxygen atoms in total. The van der Waals surface area contributed by atoms with E-state index in [1.165, 1.54) is 31.9 Å². The Bertz CT molecular complexity index is 743. The molecule has 112 valence electrons. The highest BCUT2D eigenvalue weighted by Crippen LogP contribution is 2.32. The summed E-state index contributed by atoms with van der Waals surface area (Å²) in [5, 5.41) is 0.520. The minimum atomic E-state index is -3.49. The summed E-state index contributed by atoms with van der Waals surface area (Å²) in [5.74, 6) is 0. The molecule has 8 heteroatoms. The Morgan fingerprint density at radius 3 is 2.38 bits per heavy atom. The maximum atomic E-state index is 12.1. The van der Waals surface area contributed by atoms with Crippen LogP contribution >= 0.6 is 11.8 Å². The number of aromatic nitrogens is 2. The summed E-state index contributed by atoms with van der Waals surface area (Å²) in [7, 11) is -0.516. The molecule has 0 aliphatic carbocycles. The lowest BCUT2D eigenvalue weighted by Crippen LogP contribution is -2.22.